The average molecular weight is 267 g/mol. The van der Waals surface area contributed by atoms with Gasteiger partial charge >= 0.3 is 5.97 Å². The number of esters is 1. The molecule has 2 atom stereocenters. The molecule has 0 aromatic heterocycles. The molecule has 0 aliphatic carbocycles. The Hall–Kier alpha value is -1.20. The maximum atomic E-state index is 11.4. The summed E-state index contributed by atoms with van der Waals surface area (Å²) in [5, 5.41) is 0.427. The molecule has 0 saturated carbocycles. The largest absolute Gasteiger partial charge is 0.465 e. The first-order valence-electron chi connectivity index (χ1n) is 5.88. The first kappa shape index (κ1) is 13.2. The van der Waals surface area contributed by atoms with E-state index in [1.54, 1.807) is 23.9 Å². The van der Waals surface area contributed by atoms with Crippen molar-refractivity contribution < 1.29 is 14.3 Å². The van der Waals surface area contributed by atoms with E-state index in [0.717, 1.165) is 17.9 Å². The summed E-state index contributed by atoms with van der Waals surface area (Å²) in [6.45, 7) is 2.88. The first-order chi connectivity index (χ1) is 8.61. The molecule has 0 spiro atoms. The van der Waals surface area contributed by atoms with Crippen molar-refractivity contribution in [1.29, 1.82) is 0 Å². The summed E-state index contributed by atoms with van der Waals surface area (Å²) >= 11 is 1.71. The second-order valence-corrected chi connectivity index (χ2v) is 5.55. The number of anilines is 1. The van der Waals surface area contributed by atoms with Crippen molar-refractivity contribution in [3.8, 4) is 0 Å². The minimum Gasteiger partial charge on any atom is -0.465 e. The number of carbonyl (C=O) groups excluding carboxylic acids is 1. The third-order valence-electron chi connectivity index (χ3n) is 3.02. The molecule has 1 heterocycles. The fourth-order valence-corrected chi connectivity index (χ4v) is 3.08. The van der Waals surface area contributed by atoms with Crippen LogP contribution in [0.1, 0.15) is 23.7 Å². The van der Waals surface area contributed by atoms with Crippen molar-refractivity contribution in [3.05, 3.63) is 23.8 Å². The van der Waals surface area contributed by atoms with Crippen molar-refractivity contribution in [3.63, 3.8) is 0 Å². The Morgan fingerprint density at radius 1 is 1.56 bits per heavy atom. The Kier molecular flexibility index (Phi) is 4.14. The Labute approximate surface area is 111 Å². The second kappa shape index (κ2) is 5.63. The van der Waals surface area contributed by atoms with Gasteiger partial charge in [0.05, 0.1) is 18.8 Å². The van der Waals surface area contributed by atoms with Gasteiger partial charge in [-0.25, -0.2) is 4.79 Å². The van der Waals surface area contributed by atoms with Crippen LogP contribution in [0, 0.1) is 0 Å². The molecule has 5 heteroatoms. The normalized spacial score (nSPS) is 23.0. The molecule has 2 unspecified atom stereocenters. The minimum atomic E-state index is -0.365. The van der Waals surface area contributed by atoms with E-state index in [2.05, 4.69) is 11.7 Å². The second-order valence-electron chi connectivity index (χ2n) is 4.27. The van der Waals surface area contributed by atoms with Crippen molar-refractivity contribution in [2.45, 2.75) is 29.6 Å². The monoisotopic (exact) mass is 267 g/mol. The summed E-state index contributed by atoms with van der Waals surface area (Å²) in [5.41, 5.74) is 7.06. The topological polar surface area (TPSA) is 61.5 Å². The van der Waals surface area contributed by atoms with E-state index in [0.29, 0.717) is 16.5 Å². The highest BCUT2D eigenvalue weighted by atomic mass is 32.2. The predicted molar refractivity (Wildman–Crippen MR) is 71.9 cm³/mol. The first-order valence-corrected chi connectivity index (χ1v) is 6.76. The van der Waals surface area contributed by atoms with Crippen LogP contribution in [0.5, 0.6) is 0 Å². The maximum absolute atomic E-state index is 11.4. The van der Waals surface area contributed by atoms with Gasteiger partial charge in [-0.05, 0) is 31.5 Å². The lowest BCUT2D eigenvalue weighted by atomic mass is 10.2. The number of benzene rings is 1. The minimum absolute atomic E-state index is 0.245. The Bertz CT molecular complexity index is 450. The van der Waals surface area contributed by atoms with Gasteiger partial charge in [0.15, 0.2) is 0 Å². The van der Waals surface area contributed by atoms with Gasteiger partial charge in [0.1, 0.15) is 0 Å². The Morgan fingerprint density at radius 3 is 2.89 bits per heavy atom. The van der Waals surface area contributed by atoms with Crippen LogP contribution >= 0.6 is 11.8 Å². The molecule has 1 saturated heterocycles. The van der Waals surface area contributed by atoms with Crippen molar-refractivity contribution >= 4 is 23.4 Å². The molecule has 18 heavy (non-hydrogen) atoms. The summed E-state index contributed by atoms with van der Waals surface area (Å²) in [7, 11) is 1.36. The van der Waals surface area contributed by atoms with Gasteiger partial charge in [-0.15, -0.1) is 11.8 Å². The number of nitrogen functional groups attached to an aromatic ring is 1. The van der Waals surface area contributed by atoms with Gasteiger partial charge in [0, 0.05) is 22.4 Å². The Morgan fingerprint density at radius 2 is 2.33 bits per heavy atom. The molecular weight excluding hydrogens is 250 g/mol. The van der Waals surface area contributed by atoms with Crippen LogP contribution in [0.3, 0.4) is 0 Å². The van der Waals surface area contributed by atoms with E-state index in [1.165, 1.54) is 7.11 Å². The highest BCUT2D eigenvalue weighted by Gasteiger charge is 2.25. The molecule has 1 aromatic carbocycles. The smallest absolute Gasteiger partial charge is 0.337 e. The fraction of sp³-hybridized carbons (Fsp3) is 0.462. The number of nitrogens with two attached hydrogens (primary N) is 1. The van der Waals surface area contributed by atoms with Gasteiger partial charge < -0.3 is 15.2 Å². The van der Waals surface area contributed by atoms with Gasteiger partial charge in [-0.3, -0.25) is 0 Å². The number of rotatable bonds is 3. The summed E-state index contributed by atoms with van der Waals surface area (Å²) in [6, 6.07) is 5.27. The molecule has 1 aromatic rings. The summed E-state index contributed by atoms with van der Waals surface area (Å²) in [6.07, 6.45) is 1.28. The standard InChI is InChI=1S/C13H17NO3S/c1-8-11(5-6-17-8)18-12-4-3-9(7-10(12)14)13(15)16-2/h3-4,7-8,11H,5-6,14H2,1-2H3. The van der Waals surface area contributed by atoms with E-state index in [1.807, 2.05) is 6.07 Å². The molecule has 0 amide bonds. The zero-order valence-electron chi connectivity index (χ0n) is 10.5. The predicted octanol–water partition coefficient (Wildman–Crippen LogP) is 2.32. The van der Waals surface area contributed by atoms with Gasteiger partial charge in [-0.2, -0.15) is 0 Å². The molecule has 0 bridgehead atoms. The molecule has 2 rings (SSSR count). The SMILES string of the molecule is COC(=O)c1ccc(SC2CCOC2C)c(N)c1. The molecule has 1 fully saturated rings. The lowest BCUT2D eigenvalue weighted by Crippen LogP contribution is -2.13. The molecule has 98 valence electrons. The van der Waals surface area contributed by atoms with Crippen molar-refractivity contribution in [2.75, 3.05) is 19.5 Å². The summed E-state index contributed by atoms with van der Waals surface area (Å²) in [5.74, 6) is -0.365. The van der Waals surface area contributed by atoms with E-state index >= 15 is 0 Å². The van der Waals surface area contributed by atoms with Crippen molar-refractivity contribution in [1.82, 2.24) is 0 Å². The van der Waals surface area contributed by atoms with Gasteiger partial charge in [0.25, 0.3) is 0 Å². The molecule has 1 aliphatic rings. The Balaban J connectivity index is 2.12. The number of hydrogen-bond donors (Lipinski definition) is 1. The zero-order chi connectivity index (χ0) is 13.1. The van der Waals surface area contributed by atoms with Crippen LogP contribution < -0.4 is 5.73 Å². The number of carbonyl (C=O) groups is 1. The fourth-order valence-electron chi connectivity index (χ4n) is 1.93. The molecule has 2 N–H and O–H groups in total. The number of methoxy groups -OCH3 is 1. The molecule has 4 nitrogen and oxygen atoms in total. The van der Waals surface area contributed by atoms with Crippen LogP contribution in [-0.2, 0) is 9.47 Å². The lowest BCUT2D eigenvalue weighted by Gasteiger charge is -2.15. The van der Waals surface area contributed by atoms with Gasteiger partial charge in [0.2, 0.25) is 0 Å². The molecule has 1 aliphatic heterocycles. The van der Waals surface area contributed by atoms with Crippen LogP contribution in [0.2, 0.25) is 0 Å². The van der Waals surface area contributed by atoms with Crippen LogP contribution in [0.4, 0.5) is 5.69 Å². The summed E-state index contributed by atoms with van der Waals surface area (Å²) < 4.78 is 10.2. The van der Waals surface area contributed by atoms with Crippen LogP contribution in [0.15, 0.2) is 23.1 Å². The quantitative estimate of drug-likeness (QED) is 0.672. The zero-order valence-corrected chi connectivity index (χ0v) is 11.3. The third-order valence-corrected chi connectivity index (χ3v) is 4.56. The number of ether oxygens (including phenoxy) is 2. The van der Waals surface area contributed by atoms with Crippen LogP contribution in [-0.4, -0.2) is 31.0 Å². The van der Waals surface area contributed by atoms with E-state index in [-0.39, 0.29) is 12.1 Å². The third kappa shape index (κ3) is 2.79. The van der Waals surface area contributed by atoms with E-state index < -0.39 is 0 Å². The molecule has 0 radical (unpaired) electrons. The van der Waals surface area contributed by atoms with E-state index in [4.69, 9.17) is 10.5 Å². The average Bonchev–Trinajstić information content (AvgIpc) is 2.76. The highest BCUT2D eigenvalue weighted by molar-refractivity contribution is 8.00. The highest BCUT2D eigenvalue weighted by Crippen LogP contribution is 2.35. The molecular formula is C13H17NO3S. The lowest BCUT2D eigenvalue weighted by molar-refractivity contribution is 0.0600. The van der Waals surface area contributed by atoms with Gasteiger partial charge in [-0.1, -0.05) is 0 Å². The van der Waals surface area contributed by atoms with Crippen molar-refractivity contribution in [2.24, 2.45) is 0 Å². The van der Waals surface area contributed by atoms with Crippen LogP contribution in [0.25, 0.3) is 0 Å². The summed E-state index contributed by atoms with van der Waals surface area (Å²) in [4.78, 5) is 12.4. The van der Waals surface area contributed by atoms with E-state index in [9.17, 15) is 4.79 Å². The number of thioether (sulfide) groups is 1. The maximum Gasteiger partial charge on any atom is 0.337 e. The number of hydrogen-bond acceptors (Lipinski definition) is 5.